The van der Waals surface area contributed by atoms with Gasteiger partial charge in [-0.1, -0.05) is 13.8 Å². The van der Waals surface area contributed by atoms with Crippen LogP contribution in [0.2, 0.25) is 0 Å². The van der Waals surface area contributed by atoms with Crippen LogP contribution in [-0.4, -0.2) is 68.9 Å². The number of methoxy groups -OCH3 is 1. The molecule has 0 aromatic carbocycles. The Hall–Kier alpha value is -0.343. The summed E-state index contributed by atoms with van der Waals surface area (Å²) < 4.78 is 4.49. The Morgan fingerprint density at radius 2 is 1.17 bits per heavy atom. The van der Waals surface area contributed by atoms with Gasteiger partial charge in [-0.15, -0.1) is 0 Å². The van der Waals surface area contributed by atoms with Gasteiger partial charge in [0.25, 0.3) is 0 Å². The fourth-order valence-electron chi connectivity index (χ4n) is 1.12. The van der Waals surface area contributed by atoms with Crippen LogP contribution in [0.4, 0.5) is 0 Å². The van der Waals surface area contributed by atoms with Gasteiger partial charge in [-0.3, -0.25) is 19.4 Å². The molecule has 0 saturated heterocycles. The molecule has 0 bridgehead atoms. The van der Waals surface area contributed by atoms with Crippen molar-refractivity contribution in [1.29, 1.82) is 0 Å². The number of likely N-dealkylation sites (N-methyl/N-ethyl adjacent to an activating group) is 2. The zero-order chi connectivity index (χ0) is 18.5. The number of ether oxygens (including phenoxy) is 1. The van der Waals surface area contributed by atoms with Crippen LogP contribution in [0.15, 0.2) is 0 Å². The van der Waals surface area contributed by atoms with Crippen molar-refractivity contribution in [2.24, 2.45) is 5.92 Å². The first-order valence-electron chi connectivity index (χ1n) is 7.66. The quantitative estimate of drug-likeness (QED) is 0.388. The average Bonchev–Trinajstić information content (AvgIpc) is 2.44. The molecule has 0 spiro atoms. The molecular formula is C17H37LiN2O3. The summed E-state index contributed by atoms with van der Waals surface area (Å²) in [7, 11) is 8.90. The zero-order valence-electron chi connectivity index (χ0n) is 17.4. The second kappa shape index (κ2) is 18.0. The summed E-state index contributed by atoms with van der Waals surface area (Å²) >= 11 is 0. The summed E-state index contributed by atoms with van der Waals surface area (Å²) in [6.45, 7) is 11.6. The molecule has 0 fully saturated rings. The fraction of sp³-hybridized carbons (Fsp3) is 0.824. The molecule has 0 heterocycles. The number of carbonyl (C=O) groups excluding carboxylic acids is 2. The van der Waals surface area contributed by atoms with E-state index in [1.54, 1.807) is 11.8 Å². The maximum absolute atomic E-state index is 11.2. The van der Waals surface area contributed by atoms with Crippen molar-refractivity contribution in [3.05, 3.63) is 6.42 Å². The van der Waals surface area contributed by atoms with E-state index in [0.29, 0.717) is 5.78 Å². The second-order valence-electron chi connectivity index (χ2n) is 5.94. The normalized spacial score (nSPS) is 12.3. The van der Waals surface area contributed by atoms with Crippen LogP contribution in [0, 0.1) is 12.3 Å². The largest absolute Gasteiger partial charge is 1.00 e. The van der Waals surface area contributed by atoms with Crippen LogP contribution in [0.5, 0.6) is 0 Å². The van der Waals surface area contributed by atoms with Crippen LogP contribution >= 0.6 is 0 Å². The first kappa shape index (κ1) is 30.5. The SMILES string of the molecule is CC(C)C(=O)C(C)N(C)C.COC(=O)C(C)N(C)C.C[CH-]C.[Li+]. The standard InChI is InChI=1S/C8H17NO.C6H13NO2.C3H7.Li/c1-6(2)8(10)7(3)9(4)5;1-5(7(2)3)6(8)9-4;1-3-2;/h6-7H,1-5H3;5H,1-4H3;3H,1-2H3;/q;;-1;+1. The fourth-order valence-corrected chi connectivity index (χ4v) is 1.12. The van der Waals surface area contributed by atoms with Gasteiger partial charge in [0.15, 0.2) is 5.78 Å². The van der Waals surface area contributed by atoms with Gasteiger partial charge in [-0.2, -0.15) is 13.8 Å². The molecule has 0 aliphatic heterocycles. The third-order valence-electron chi connectivity index (χ3n) is 3.07. The molecule has 0 aliphatic rings. The summed E-state index contributed by atoms with van der Waals surface area (Å²) in [5.74, 6) is 0.266. The molecule has 0 amide bonds. The Bertz CT molecular complexity index is 296. The van der Waals surface area contributed by atoms with Crippen molar-refractivity contribution < 1.29 is 33.2 Å². The zero-order valence-corrected chi connectivity index (χ0v) is 17.4. The van der Waals surface area contributed by atoms with E-state index < -0.39 is 0 Å². The van der Waals surface area contributed by atoms with Crippen LogP contribution < -0.4 is 18.9 Å². The number of esters is 1. The third-order valence-corrected chi connectivity index (χ3v) is 3.07. The Balaban J connectivity index is -0.000000130. The molecule has 6 heteroatoms. The van der Waals surface area contributed by atoms with E-state index in [4.69, 9.17) is 0 Å². The number of carbonyl (C=O) groups is 2. The van der Waals surface area contributed by atoms with Gasteiger partial charge in [0.1, 0.15) is 6.04 Å². The van der Waals surface area contributed by atoms with E-state index in [1.165, 1.54) is 7.11 Å². The third kappa shape index (κ3) is 17.8. The number of hydrogen-bond donors (Lipinski definition) is 0. The number of rotatable bonds is 5. The van der Waals surface area contributed by atoms with Gasteiger partial charge >= 0.3 is 24.8 Å². The monoisotopic (exact) mass is 324 g/mol. The maximum atomic E-state index is 11.2. The average molecular weight is 324 g/mol. The Morgan fingerprint density at radius 1 is 0.870 bits per heavy atom. The van der Waals surface area contributed by atoms with E-state index in [2.05, 4.69) is 4.74 Å². The summed E-state index contributed by atoms with van der Waals surface area (Å²) in [6, 6.07) is -0.0880. The van der Waals surface area contributed by atoms with E-state index in [-0.39, 0.29) is 42.8 Å². The van der Waals surface area contributed by atoms with Gasteiger partial charge in [-0.05, 0) is 42.0 Å². The summed E-state index contributed by atoms with van der Waals surface area (Å²) in [5, 5.41) is 0. The minimum Gasteiger partial charge on any atom is -0.468 e. The molecule has 0 aliphatic carbocycles. The number of Topliss-reactive ketones (excluding diaryl/α,β-unsaturated/α-hetero) is 1. The molecule has 0 radical (unpaired) electrons. The van der Waals surface area contributed by atoms with E-state index in [1.807, 2.05) is 74.1 Å². The van der Waals surface area contributed by atoms with Crippen LogP contribution in [0.25, 0.3) is 0 Å². The molecular weight excluding hydrogens is 287 g/mol. The van der Waals surface area contributed by atoms with Gasteiger partial charge in [0.05, 0.1) is 13.2 Å². The minimum absolute atomic E-state index is 0. The number of nitrogens with zero attached hydrogens (tertiary/aromatic N) is 2. The van der Waals surface area contributed by atoms with E-state index in [9.17, 15) is 9.59 Å². The van der Waals surface area contributed by atoms with Crippen molar-refractivity contribution >= 4 is 11.8 Å². The van der Waals surface area contributed by atoms with Gasteiger partial charge in [0, 0.05) is 5.92 Å². The van der Waals surface area contributed by atoms with Gasteiger partial charge in [0.2, 0.25) is 0 Å². The Labute approximate surface area is 156 Å². The smallest absolute Gasteiger partial charge is 0.468 e. The van der Waals surface area contributed by atoms with Gasteiger partial charge in [-0.25, -0.2) is 0 Å². The first-order valence-corrected chi connectivity index (χ1v) is 7.66. The number of hydrogen-bond acceptors (Lipinski definition) is 5. The second-order valence-corrected chi connectivity index (χ2v) is 5.94. The molecule has 5 nitrogen and oxygen atoms in total. The Morgan fingerprint density at radius 3 is 1.26 bits per heavy atom. The molecule has 0 saturated carbocycles. The van der Waals surface area contributed by atoms with Crippen molar-refractivity contribution in [2.75, 3.05) is 35.3 Å². The van der Waals surface area contributed by atoms with Crippen molar-refractivity contribution in [2.45, 2.75) is 53.6 Å². The van der Waals surface area contributed by atoms with Crippen LogP contribution in [0.1, 0.15) is 41.5 Å². The van der Waals surface area contributed by atoms with Crippen LogP contribution in [-0.2, 0) is 14.3 Å². The first-order chi connectivity index (χ1) is 9.97. The van der Waals surface area contributed by atoms with E-state index in [0.717, 1.165) is 0 Å². The summed E-state index contributed by atoms with van der Waals surface area (Å²) in [6.07, 6.45) is 2.00. The minimum atomic E-state index is -0.194. The molecule has 2 unspecified atom stereocenters. The maximum Gasteiger partial charge on any atom is 1.00 e. The summed E-state index contributed by atoms with van der Waals surface area (Å²) in [4.78, 5) is 25.7. The van der Waals surface area contributed by atoms with Gasteiger partial charge < -0.3 is 11.2 Å². The predicted octanol–water partition coefficient (Wildman–Crippen LogP) is -0.494. The molecule has 2 atom stereocenters. The molecule has 0 N–H and O–H groups in total. The molecule has 23 heavy (non-hydrogen) atoms. The van der Waals surface area contributed by atoms with Crippen molar-refractivity contribution in [1.82, 2.24) is 9.80 Å². The summed E-state index contributed by atoms with van der Waals surface area (Å²) in [5.41, 5.74) is 0. The molecule has 0 aromatic heterocycles. The van der Waals surface area contributed by atoms with E-state index >= 15 is 0 Å². The van der Waals surface area contributed by atoms with Crippen molar-refractivity contribution in [3.8, 4) is 0 Å². The molecule has 0 rings (SSSR count). The molecule has 134 valence electrons. The van der Waals surface area contributed by atoms with Crippen LogP contribution in [0.3, 0.4) is 0 Å². The molecule has 0 aromatic rings. The Kier molecular flexibility index (Phi) is 23.9. The van der Waals surface area contributed by atoms with Crippen molar-refractivity contribution in [3.63, 3.8) is 0 Å². The number of ketones is 1. The topological polar surface area (TPSA) is 49.9 Å². The predicted molar refractivity (Wildman–Crippen MR) is 93.8 cm³/mol.